The minimum absolute atomic E-state index is 0. The maximum Gasteiger partial charge on any atom is 2.00 e. The van der Waals surface area contributed by atoms with Crippen LogP contribution in [0.5, 0.6) is 0 Å². The summed E-state index contributed by atoms with van der Waals surface area (Å²) in [5.41, 5.74) is 12.4. The number of benzene rings is 2. The minimum Gasteiger partial charge on any atom is -1.00 e. The average molecular weight is 479 g/mol. The fourth-order valence-corrected chi connectivity index (χ4v) is 2.47. The summed E-state index contributed by atoms with van der Waals surface area (Å²) in [6.07, 6.45) is 0. The van der Waals surface area contributed by atoms with Crippen molar-refractivity contribution in [2.75, 3.05) is 10.9 Å². The topological polar surface area (TPSA) is 61.7 Å². The van der Waals surface area contributed by atoms with Gasteiger partial charge in [0.15, 0.2) is 0 Å². The molecule has 0 saturated carbocycles. The Bertz CT molecular complexity index is 888. The first-order chi connectivity index (χ1) is 13.1. The molecule has 3 rings (SSSR count). The van der Waals surface area contributed by atoms with Gasteiger partial charge in [-0.25, -0.2) is 4.98 Å². The molecule has 0 atom stereocenters. The van der Waals surface area contributed by atoms with Gasteiger partial charge < -0.3 is 24.8 Å². The Balaban J connectivity index is 0.00000280. The Morgan fingerprint density at radius 2 is 1.07 bits per heavy atom. The molecule has 0 aliphatic heterocycles. The van der Waals surface area contributed by atoms with Crippen LogP contribution in [0.15, 0.2) is 83.0 Å². The van der Waals surface area contributed by atoms with E-state index in [1.165, 1.54) is 0 Å². The zero-order valence-corrected chi connectivity index (χ0v) is 19.9. The van der Waals surface area contributed by atoms with E-state index in [2.05, 4.69) is 21.1 Å². The van der Waals surface area contributed by atoms with E-state index in [-0.39, 0.29) is 43.4 Å². The second-order valence-electron chi connectivity index (χ2n) is 6.27. The minimum atomic E-state index is 0. The number of pyridine rings is 1. The molecule has 0 amide bonds. The van der Waals surface area contributed by atoms with Crippen LogP contribution in [0.4, 0.5) is 11.4 Å². The Kier molecular flexibility index (Phi) is 12.8. The normalized spacial score (nSPS) is 10.8. The molecular formula is C22H23Cl2N5V. The number of nitrogens with zero attached hydrogens (tertiary/aromatic N) is 3. The molecule has 0 unspecified atom stereocenters. The van der Waals surface area contributed by atoms with Crippen LogP contribution in [0.25, 0.3) is 0 Å². The van der Waals surface area contributed by atoms with Gasteiger partial charge in [-0.3, -0.25) is 10.9 Å². The molecule has 2 aromatic carbocycles. The van der Waals surface area contributed by atoms with Crippen molar-refractivity contribution in [2.24, 2.45) is 10.2 Å². The van der Waals surface area contributed by atoms with Gasteiger partial charge in [0.2, 0.25) is 0 Å². The number of aryl methyl sites for hydroxylation is 1. The number of rotatable bonds is 6. The molecule has 1 radical (unpaired) electrons. The fraction of sp³-hybridized carbons (Fsp3) is 0.136. The van der Waals surface area contributed by atoms with Gasteiger partial charge in [0.05, 0.1) is 34.2 Å². The smallest absolute Gasteiger partial charge is 1.00 e. The third kappa shape index (κ3) is 8.21. The van der Waals surface area contributed by atoms with E-state index in [0.717, 1.165) is 39.7 Å². The van der Waals surface area contributed by atoms with Crippen molar-refractivity contribution in [3.8, 4) is 0 Å². The Labute approximate surface area is 202 Å². The van der Waals surface area contributed by atoms with Gasteiger partial charge >= 0.3 is 18.6 Å². The molecule has 155 valence electrons. The predicted octanol–water partition coefficient (Wildman–Crippen LogP) is -0.932. The molecule has 0 saturated heterocycles. The largest absolute Gasteiger partial charge is 2.00 e. The van der Waals surface area contributed by atoms with Crippen LogP contribution in [-0.2, 0) is 18.6 Å². The van der Waals surface area contributed by atoms with Gasteiger partial charge in [-0.1, -0.05) is 36.4 Å². The van der Waals surface area contributed by atoms with Gasteiger partial charge in [-0.2, -0.15) is 10.2 Å². The molecule has 3 aromatic rings. The molecule has 0 bridgehead atoms. The predicted molar refractivity (Wildman–Crippen MR) is 114 cm³/mol. The van der Waals surface area contributed by atoms with Crippen LogP contribution in [0, 0.1) is 6.92 Å². The third-order valence-electron chi connectivity index (χ3n) is 3.96. The van der Waals surface area contributed by atoms with Gasteiger partial charge in [0, 0.05) is 0 Å². The van der Waals surface area contributed by atoms with Gasteiger partial charge in [0.1, 0.15) is 0 Å². The first-order valence-corrected chi connectivity index (χ1v) is 8.82. The van der Waals surface area contributed by atoms with Crippen LogP contribution in [0.3, 0.4) is 0 Å². The standard InChI is InChI=1S/C22H23N5.2ClH.V/c1-16-14-21(17(2)24-26-19-10-6-4-7-11-19)23-22(15-16)18(3)25-27-20-12-8-5-9-13-20;;;/h4-15,26-27H,1-3H3;2*1H;/q;;;+2/p-2. The van der Waals surface area contributed by atoms with Gasteiger partial charge in [-0.05, 0) is 62.7 Å². The number of anilines is 2. The SMILES string of the molecule is CC(=NNc1ccccc1)c1cc(C)cc(C(C)=NNc2ccccc2)n1.[Cl-].[Cl-].[V+2]. The van der Waals surface area contributed by atoms with Crippen LogP contribution >= 0.6 is 0 Å². The molecule has 0 aliphatic rings. The molecule has 1 aromatic heterocycles. The number of halogens is 2. The maximum absolute atomic E-state index is 4.72. The van der Waals surface area contributed by atoms with Crippen molar-refractivity contribution in [3.63, 3.8) is 0 Å². The summed E-state index contributed by atoms with van der Waals surface area (Å²) in [7, 11) is 0. The van der Waals surface area contributed by atoms with Crippen molar-refractivity contribution < 1.29 is 43.4 Å². The maximum atomic E-state index is 4.72. The molecule has 0 fully saturated rings. The zero-order chi connectivity index (χ0) is 19.1. The Morgan fingerprint density at radius 3 is 1.43 bits per heavy atom. The summed E-state index contributed by atoms with van der Waals surface area (Å²) in [5.74, 6) is 0. The van der Waals surface area contributed by atoms with E-state index in [9.17, 15) is 0 Å². The fourth-order valence-electron chi connectivity index (χ4n) is 2.47. The summed E-state index contributed by atoms with van der Waals surface area (Å²) in [6.45, 7) is 5.93. The first-order valence-electron chi connectivity index (χ1n) is 8.82. The van der Waals surface area contributed by atoms with E-state index in [0.29, 0.717) is 0 Å². The van der Waals surface area contributed by atoms with Crippen molar-refractivity contribution in [2.45, 2.75) is 20.8 Å². The van der Waals surface area contributed by atoms with Crippen molar-refractivity contribution >= 4 is 22.8 Å². The number of hydrazone groups is 2. The monoisotopic (exact) mass is 478 g/mol. The zero-order valence-electron chi connectivity index (χ0n) is 17.0. The molecule has 30 heavy (non-hydrogen) atoms. The van der Waals surface area contributed by atoms with Crippen molar-refractivity contribution in [1.82, 2.24) is 4.98 Å². The Hall–Kier alpha value is -2.31. The van der Waals surface area contributed by atoms with Crippen LogP contribution in [-0.4, -0.2) is 16.4 Å². The molecule has 0 spiro atoms. The van der Waals surface area contributed by atoms with E-state index in [1.807, 2.05) is 93.6 Å². The molecule has 1 heterocycles. The third-order valence-corrected chi connectivity index (χ3v) is 3.96. The van der Waals surface area contributed by atoms with E-state index < -0.39 is 0 Å². The van der Waals surface area contributed by atoms with Crippen molar-refractivity contribution in [1.29, 1.82) is 0 Å². The second kappa shape index (κ2) is 13.8. The second-order valence-corrected chi connectivity index (χ2v) is 6.27. The number of hydrogen-bond acceptors (Lipinski definition) is 5. The first kappa shape index (κ1) is 27.7. The van der Waals surface area contributed by atoms with E-state index in [4.69, 9.17) is 4.98 Å². The average Bonchev–Trinajstić information content (AvgIpc) is 2.71. The number of hydrogen-bond donors (Lipinski definition) is 2. The summed E-state index contributed by atoms with van der Waals surface area (Å²) in [5, 5.41) is 8.90. The van der Waals surface area contributed by atoms with Gasteiger partial charge in [-0.15, -0.1) is 0 Å². The Morgan fingerprint density at radius 1 is 0.700 bits per heavy atom. The molecule has 8 heteroatoms. The van der Waals surface area contributed by atoms with Crippen molar-refractivity contribution in [3.05, 3.63) is 89.7 Å². The molecule has 0 aliphatic carbocycles. The number of aromatic nitrogens is 1. The van der Waals surface area contributed by atoms with E-state index >= 15 is 0 Å². The van der Waals surface area contributed by atoms with Crippen LogP contribution in [0.2, 0.25) is 0 Å². The molecule has 2 N–H and O–H groups in total. The summed E-state index contributed by atoms with van der Waals surface area (Å²) in [4.78, 5) is 4.72. The molecule has 5 nitrogen and oxygen atoms in total. The summed E-state index contributed by atoms with van der Waals surface area (Å²) < 4.78 is 0. The van der Waals surface area contributed by atoms with Crippen LogP contribution < -0.4 is 35.7 Å². The number of para-hydroxylation sites is 2. The number of nitrogens with one attached hydrogen (secondary N) is 2. The summed E-state index contributed by atoms with van der Waals surface area (Å²) >= 11 is 0. The molecular weight excluding hydrogens is 456 g/mol. The summed E-state index contributed by atoms with van der Waals surface area (Å²) in [6, 6.07) is 23.7. The van der Waals surface area contributed by atoms with E-state index in [1.54, 1.807) is 0 Å². The van der Waals surface area contributed by atoms with Gasteiger partial charge in [0.25, 0.3) is 0 Å². The quantitative estimate of drug-likeness (QED) is 0.355. The van der Waals surface area contributed by atoms with Crippen LogP contribution in [0.1, 0.15) is 30.8 Å².